The van der Waals surface area contributed by atoms with Gasteiger partial charge in [0.15, 0.2) is 0 Å². The molecular weight excluding hydrogens is 280 g/mol. The van der Waals surface area contributed by atoms with Crippen molar-refractivity contribution in [3.05, 3.63) is 29.3 Å². The second kappa shape index (κ2) is 5.56. The molecule has 0 radical (unpaired) electrons. The molecule has 2 fully saturated rings. The van der Waals surface area contributed by atoms with Crippen LogP contribution in [0.4, 0.5) is 5.69 Å². The Morgan fingerprint density at radius 1 is 1.36 bits per heavy atom. The Morgan fingerprint density at radius 2 is 2.09 bits per heavy atom. The molecular formula is C17H24N2O3. The average molecular weight is 304 g/mol. The highest BCUT2D eigenvalue weighted by Gasteiger charge is 2.37. The number of hydrogen-bond donors (Lipinski definition) is 1. The third kappa shape index (κ3) is 2.96. The van der Waals surface area contributed by atoms with Crippen LogP contribution in [0.15, 0.2) is 18.2 Å². The fraction of sp³-hybridized carbons (Fsp3) is 0.588. The molecule has 0 unspecified atom stereocenters. The third-order valence-corrected chi connectivity index (χ3v) is 4.65. The van der Waals surface area contributed by atoms with E-state index in [1.165, 1.54) is 0 Å². The fourth-order valence-corrected chi connectivity index (χ4v) is 3.30. The standard InChI is InChI=1S/C17H24N2O3/c1-12-4-5-13(8-15(12)16(20)21)19-9-14(10-19)18-6-7-22-17(2,3)11-18/h4-5,8,14H,6-7,9-11H2,1-3H3,(H,20,21). The number of nitrogens with zero attached hydrogens (tertiary/aromatic N) is 2. The summed E-state index contributed by atoms with van der Waals surface area (Å²) in [6.45, 7) is 10.7. The molecule has 1 N–H and O–H groups in total. The number of carboxylic acid groups (broad SMARTS) is 1. The van der Waals surface area contributed by atoms with Crippen LogP contribution >= 0.6 is 0 Å². The number of ether oxygens (including phenoxy) is 1. The molecule has 120 valence electrons. The lowest BCUT2D eigenvalue weighted by Gasteiger charge is -2.50. The summed E-state index contributed by atoms with van der Waals surface area (Å²) in [6.07, 6.45) is 0. The first kappa shape index (κ1) is 15.3. The Bertz CT molecular complexity index is 579. The predicted molar refractivity (Wildman–Crippen MR) is 85.7 cm³/mol. The van der Waals surface area contributed by atoms with E-state index in [1.54, 1.807) is 6.07 Å². The van der Waals surface area contributed by atoms with Gasteiger partial charge in [0.05, 0.1) is 17.8 Å². The van der Waals surface area contributed by atoms with E-state index in [0.29, 0.717) is 11.6 Å². The van der Waals surface area contributed by atoms with Gasteiger partial charge in [-0.15, -0.1) is 0 Å². The maximum Gasteiger partial charge on any atom is 0.336 e. The first-order valence-corrected chi connectivity index (χ1v) is 7.83. The average Bonchev–Trinajstić information content (AvgIpc) is 2.37. The highest BCUT2D eigenvalue weighted by atomic mass is 16.5. The molecule has 5 nitrogen and oxygen atoms in total. The molecule has 0 spiro atoms. The van der Waals surface area contributed by atoms with E-state index in [1.807, 2.05) is 19.1 Å². The van der Waals surface area contributed by atoms with Crippen molar-refractivity contribution in [1.82, 2.24) is 4.90 Å². The van der Waals surface area contributed by atoms with Gasteiger partial charge in [0.25, 0.3) is 0 Å². The molecule has 3 rings (SSSR count). The lowest BCUT2D eigenvalue weighted by Crippen LogP contribution is -2.64. The van der Waals surface area contributed by atoms with E-state index in [2.05, 4.69) is 23.6 Å². The first-order chi connectivity index (χ1) is 10.4. The van der Waals surface area contributed by atoms with Crippen molar-refractivity contribution in [1.29, 1.82) is 0 Å². The molecule has 1 aromatic rings. The Kier molecular flexibility index (Phi) is 3.87. The molecule has 0 atom stereocenters. The quantitative estimate of drug-likeness (QED) is 0.925. The van der Waals surface area contributed by atoms with Crippen LogP contribution in [0.3, 0.4) is 0 Å². The van der Waals surface area contributed by atoms with Gasteiger partial charge in [-0.1, -0.05) is 6.07 Å². The zero-order chi connectivity index (χ0) is 15.9. The normalized spacial score (nSPS) is 22.4. The SMILES string of the molecule is Cc1ccc(N2CC(N3CCOC(C)(C)C3)C2)cc1C(=O)O. The van der Waals surface area contributed by atoms with Gasteiger partial charge >= 0.3 is 5.97 Å². The minimum Gasteiger partial charge on any atom is -0.478 e. The second-order valence-electron chi connectivity index (χ2n) is 6.94. The number of hydrogen-bond acceptors (Lipinski definition) is 4. The summed E-state index contributed by atoms with van der Waals surface area (Å²) in [5, 5.41) is 9.24. The fourth-order valence-electron chi connectivity index (χ4n) is 3.30. The topological polar surface area (TPSA) is 53.0 Å². The molecule has 0 saturated carbocycles. The van der Waals surface area contributed by atoms with Gasteiger partial charge < -0.3 is 14.7 Å². The monoisotopic (exact) mass is 304 g/mol. The number of morpholine rings is 1. The van der Waals surface area contributed by atoms with Crippen molar-refractivity contribution in [3.63, 3.8) is 0 Å². The number of aromatic carboxylic acids is 1. The molecule has 0 aromatic heterocycles. The van der Waals surface area contributed by atoms with Gasteiger partial charge in [-0.3, -0.25) is 4.90 Å². The van der Waals surface area contributed by atoms with Gasteiger partial charge in [0.1, 0.15) is 0 Å². The summed E-state index contributed by atoms with van der Waals surface area (Å²) in [5.41, 5.74) is 2.14. The molecule has 22 heavy (non-hydrogen) atoms. The highest BCUT2D eigenvalue weighted by Crippen LogP contribution is 2.28. The summed E-state index contributed by atoms with van der Waals surface area (Å²) in [5.74, 6) is -0.855. The Labute approximate surface area is 131 Å². The number of rotatable bonds is 3. The minimum atomic E-state index is -0.855. The van der Waals surface area contributed by atoms with Crippen LogP contribution in [0, 0.1) is 6.92 Å². The minimum absolute atomic E-state index is 0.0704. The zero-order valence-electron chi connectivity index (χ0n) is 13.5. The number of benzene rings is 1. The molecule has 2 aliphatic rings. The molecule has 5 heteroatoms. The van der Waals surface area contributed by atoms with Crippen LogP contribution in [0.1, 0.15) is 29.8 Å². The van der Waals surface area contributed by atoms with Crippen molar-refractivity contribution >= 4 is 11.7 Å². The largest absolute Gasteiger partial charge is 0.478 e. The Balaban J connectivity index is 1.64. The maximum atomic E-state index is 11.2. The first-order valence-electron chi connectivity index (χ1n) is 7.83. The van der Waals surface area contributed by atoms with Gasteiger partial charge in [-0.25, -0.2) is 4.79 Å². The Hall–Kier alpha value is -1.59. The van der Waals surface area contributed by atoms with Crippen LogP contribution in [-0.4, -0.2) is 60.4 Å². The van der Waals surface area contributed by atoms with Gasteiger partial charge in [-0.2, -0.15) is 0 Å². The molecule has 1 aromatic carbocycles. The van der Waals surface area contributed by atoms with E-state index in [-0.39, 0.29) is 5.60 Å². The van der Waals surface area contributed by atoms with Crippen molar-refractivity contribution in [2.45, 2.75) is 32.4 Å². The van der Waals surface area contributed by atoms with Crippen LogP contribution < -0.4 is 4.90 Å². The number of aryl methyl sites for hydroxylation is 1. The summed E-state index contributed by atoms with van der Waals surface area (Å²) in [6, 6.07) is 6.24. The number of carbonyl (C=O) groups is 1. The van der Waals surface area contributed by atoms with Gasteiger partial charge in [0.2, 0.25) is 0 Å². The maximum absolute atomic E-state index is 11.2. The lowest BCUT2D eigenvalue weighted by molar-refractivity contribution is -0.0994. The number of carboxylic acids is 1. The summed E-state index contributed by atoms with van der Waals surface area (Å²) in [7, 11) is 0. The molecule has 2 aliphatic heterocycles. The molecule has 2 saturated heterocycles. The summed E-state index contributed by atoms with van der Waals surface area (Å²) < 4.78 is 5.76. The number of anilines is 1. The molecule has 0 amide bonds. The third-order valence-electron chi connectivity index (χ3n) is 4.65. The van der Waals surface area contributed by atoms with Crippen molar-refractivity contribution in [2.75, 3.05) is 37.7 Å². The van der Waals surface area contributed by atoms with Crippen LogP contribution in [-0.2, 0) is 4.74 Å². The van der Waals surface area contributed by atoms with E-state index < -0.39 is 5.97 Å². The molecule has 0 bridgehead atoms. The van der Waals surface area contributed by atoms with Crippen LogP contribution in [0.25, 0.3) is 0 Å². The zero-order valence-corrected chi connectivity index (χ0v) is 13.5. The lowest BCUT2D eigenvalue weighted by atomic mass is 9.99. The van der Waals surface area contributed by atoms with Crippen molar-refractivity contribution in [2.24, 2.45) is 0 Å². The van der Waals surface area contributed by atoms with Crippen LogP contribution in [0.2, 0.25) is 0 Å². The smallest absolute Gasteiger partial charge is 0.336 e. The van der Waals surface area contributed by atoms with Gasteiger partial charge in [0, 0.05) is 37.9 Å². The summed E-state index contributed by atoms with van der Waals surface area (Å²) in [4.78, 5) is 16.0. The highest BCUT2D eigenvalue weighted by molar-refractivity contribution is 5.90. The van der Waals surface area contributed by atoms with E-state index in [0.717, 1.165) is 44.0 Å². The van der Waals surface area contributed by atoms with E-state index in [9.17, 15) is 9.90 Å². The second-order valence-corrected chi connectivity index (χ2v) is 6.94. The van der Waals surface area contributed by atoms with Gasteiger partial charge in [-0.05, 0) is 38.5 Å². The van der Waals surface area contributed by atoms with Crippen molar-refractivity contribution < 1.29 is 14.6 Å². The van der Waals surface area contributed by atoms with E-state index in [4.69, 9.17) is 4.74 Å². The Morgan fingerprint density at radius 3 is 2.73 bits per heavy atom. The van der Waals surface area contributed by atoms with Crippen LogP contribution in [0.5, 0.6) is 0 Å². The molecule has 0 aliphatic carbocycles. The predicted octanol–water partition coefficient (Wildman–Crippen LogP) is 1.99. The molecule has 2 heterocycles. The van der Waals surface area contributed by atoms with Crippen molar-refractivity contribution in [3.8, 4) is 0 Å². The van der Waals surface area contributed by atoms with E-state index >= 15 is 0 Å². The summed E-state index contributed by atoms with van der Waals surface area (Å²) >= 11 is 0.